The number of nitrogens with two attached hydrogens (primary N) is 1. The van der Waals surface area contributed by atoms with Crippen molar-refractivity contribution in [1.82, 2.24) is 9.78 Å². The Morgan fingerprint density at radius 2 is 2.00 bits per heavy atom. The molecule has 0 radical (unpaired) electrons. The number of para-hydroxylation sites is 1. The maximum absolute atomic E-state index is 11.9. The molecule has 4 nitrogen and oxygen atoms in total. The first-order chi connectivity index (χ1) is 8.33. The van der Waals surface area contributed by atoms with Gasteiger partial charge in [-0.25, -0.2) is 4.68 Å². The third-order valence-electron chi connectivity index (χ3n) is 2.54. The highest BCUT2D eigenvalue weighted by atomic mass is 16.1. The second-order valence-corrected chi connectivity index (χ2v) is 3.78. The Morgan fingerprint density at radius 1 is 1.24 bits per heavy atom. The van der Waals surface area contributed by atoms with Crippen LogP contribution in [0.5, 0.6) is 0 Å². The highest BCUT2D eigenvalue weighted by Crippen LogP contribution is 2.12. The summed E-state index contributed by atoms with van der Waals surface area (Å²) in [5, 5.41) is 4.18. The molecule has 0 atom stereocenters. The van der Waals surface area contributed by atoms with Gasteiger partial charge in [0.1, 0.15) is 5.69 Å². The third-order valence-corrected chi connectivity index (χ3v) is 2.54. The van der Waals surface area contributed by atoms with E-state index in [-0.39, 0.29) is 5.78 Å². The van der Waals surface area contributed by atoms with E-state index in [4.69, 9.17) is 5.73 Å². The zero-order valence-electron chi connectivity index (χ0n) is 9.54. The fraction of sp³-hybridized carbons (Fsp3) is 0.231. The Bertz CT molecular complexity index is 490. The Kier molecular flexibility index (Phi) is 3.67. The predicted molar refractivity (Wildman–Crippen MR) is 66.2 cm³/mol. The Morgan fingerprint density at radius 3 is 2.71 bits per heavy atom. The maximum atomic E-state index is 11.9. The molecular formula is C13H15N3O. The Hall–Kier alpha value is -1.94. The summed E-state index contributed by atoms with van der Waals surface area (Å²) in [4.78, 5) is 11.9. The van der Waals surface area contributed by atoms with Crippen LogP contribution < -0.4 is 5.73 Å². The van der Waals surface area contributed by atoms with Crippen LogP contribution in [-0.2, 0) is 0 Å². The van der Waals surface area contributed by atoms with Gasteiger partial charge >= 0.3 is 0 Å². The average molecular weight is 229 g/mol. The van der Waals surface area contributed by atoms with E-state index in [0.717, 1.165) is 5.69 Å². The van der Waals surface area contributed by atoms with Crippen molar-refractivity contribution in [3.63, 3.8) is 0 Å². The highest BCUT2D eigenvalue weighted by Gasteiger charge is 2.12. The van der Waals surface area contributed by atoms with Crippen LogP contribution in [0.1, 0.15) is 23.3 Å². The number of carbonyl (C=O) groups is 1. The van der Waals surface area contributed by atoms with Gasteiger partial charge in [0.05, 0.1) is 11.9 Å². The van der Waals surface area contributed by atoms with Gasteiger partial charge in [-0.05, 0) is 31.2 Å². The number of rotatable bonds is 5. The van der Waals surface area contributed by atoms with Gasteiger partial charge in [0.2, 0.25) is 0 Å². The number of Topliss-reactive ketones (excluding diaryl/α,β-unsaturated/α-hetero) is 1. The van der Waals surface area contributed by atoms with E-state index in [1.54, 1.807) is 16.9 Å². The number of nitrogens with zero attached hydrogens (tertiary/aromatic N) is 2. The summed E-state index contributed by atoms with van der Waals surface area (Å²) >= 11 is 0. The largest absolute Gasteiger partial charge is 0.330 e. The van der Waals surface area contributed by atoms with Crippen LogP contribution in [-0.4, -0.2) is 22.1 Å². The molecule has 1 aromatic carbocycles. The summed E-state index contributed by atoms with van der Waals surface area (Å²) in [6.07, 6.45) is 2.82. The number of hydrogen-bond donors (Lipinski definition) is 1. The molecule has 2 N–H and O–H groups in total. The zero-order chi connectivity index (χ0) is 12.1. The lowest BCUT2D eigenvalue weighted by Crippen LogP contribution is -2.10. The van der Waals surface area contributed by atoms with Crippen molar-refractivity contribution in [3.8, 4) is 5.69 Å². The van der Waals surface area contributed by atoms with Crippen molar-refractivity contribution < 1.29 is 4.79 Å². The van der Waals surface area contributed by atoms with Crippen molar-refractivity contribution >= 4 is 5.78 Å². The van der Waals surface area contributed by atoms with E-state index >= 15 is 0 Å². The van der Waals surface area contributed by atoms with Crippen LogP contribution in [0.15, 0.2) is 42.6 Å². The Balaban J connectivity index is 2.26. The fourth-order valence-corrected chi connectivity index (χ4v) is 1.68. The summed E-state index contributed by atoms with van der Waals surface area (Å²) in [7, 11) is 0. The van der Waals surface area contributed by atoms with E-state index in [1.807, 2.05) is 30.3 Å². The van der Waals surface area contributed by atoms with Crippen molar-refractivity contribution in [1.29, 1.82) is 0 Å². The predicted octanol–water partition coefficient (Wildman–Crippen LogP) is 1.79. The van der Waals surface area contributed by atoms with E-state index in [1.165, 1.54) is 0 Å². The maximum Gasteiger partial charge on any atom is 0.181 e. The van der Waals surface area contributed by atoms with Gasteiger partial charge in [0.25, 0.3) is 0 Å². The molecular weight excluding hydrogens is 214 g/mol. The summed E-state index contributed by atoms with van der Waals surface area (Å²) in [6.45, 7) is 0.533. The number of aromatic nitrogens is 2. The van der Waals surface area contributed by atoms with Crippen LogP contribution in [0.4, 0.5) is 0 Å². The summed E-state index contributed by atoms with van der Waals surface area (Å²) < 4.78 is 1.67. The number of ketones is 1. The van der Waals surface area contributed by atoms with Crippen LogP contribution in [0, 0.1) is 0 Å². The van der Waals surface area contributed by atoms with Gasteiger partial charge in [0.15, 0.2) is 5.78 Å². The molecule has 0 fully saturated rings. The lowest BCUT2D eigenvalue weighted by Gasteiger charge is -2.06. The summed E-state index contributed by atoms with van der Waals surface area (Å²) in [5.74, 6) is 0.0804. The molecule has 0 aliphatic carbocycles. The minimum absolute atomic E-state index is 0.0804. The van der Waals surface area contributed by atoms with Gasteiger partial charge in [-0.2, -0.15) is 5.10 Å². The van der Waals surface area contributed by atoms with Gasteiger partial charge in [0, 0.05) is 6.42 Å². The molecule has 2 aromatic rings. The number of hydrogen-bond acceptors (Lipinski definition) is 3. The van der Waals surface area contributed by atoms with E-state index in [2.05, 4.69) is 5.10 Å². The van der Waals surface area contributed by atoms with Crippen molar-refractivity contribution in [2.45, 2.75) is 12.8 Å². The summed E-state index contributed by atoms with van der Waals surface area (Å²) in [6, 6.07) is 11.4. The SMILES string of the molecule is NCCCC(=O)c1ccnn1-c1ccccc1. The third kappa shape index (κ3) is 2.60. The van der Waals surface area contributed by atoms with Gasteiger partial charge in [-0.1, -0.05) is 18.2 Å². The van der Waals surface area contributed by atoms with Gasteiger partial charge in [-0.3, -0.25) is 4.79 Å². The summed E-state index contributed by atoms with van der Waals surface area (Å²) in [5.41, 5.74) is 6.92. The Labute approximate surface area is 100 Å². The molecule has 0 saturated heterocycles. The molecule has 0 saturated carbocycles. The lowest BCUT2D eigenvalue weighted by molar-refractivity contribution is 0.0973. The monoisotopic (exact) mass is 229 g/mol. The van der Waals surface area contributed by atoms with Crippen LogP contribution >= 0.6 is 0 Å². The molecule has 17 heavy (non-hydrogen) atoms. The smallest absolute Gasteiger partial charge is 0.181 e. The number of benzene rings is 1. The van der Waals surface area contributed by atoms with E-state index in [0.29, 0.717) is 25.1 Å². The topological polar surface area (TPSA) is 60.9 Å². The first-order valence-corrected chi connectivity index (χ1v) is 5.65. The second-order valence-electron chi connectivity index (χ2n) is 3.78. The normalized spacial score (nSPS) is 10.4. The lowest BCUT2D eigenvalue weighted by atomic mass is 10.1. The molecule has 88 valence electrons. The molecule has 1 aromatic heterocycles. The number of carbonyl (C=O) groups excluding carboxylic acids is 1. The van der Waals surface area contributed by atoms with Crippen LogP contribution in [0.25, 0.3) is 5.69 Å². The molecule has 0 spiro atoms. The van der Waals surface area contributed by atoms with Crippen molar-refractivity contribution in [3.05, 3.63) is 48.3 Å². The standard InChI is InChI=1S/C13H15N3O/c14-9-4-7-13(17)12-8-10-15-16(12)11-5-2-1-3-6-11/h1-3,5-6,8,10H,4,7,9,14H2. The van der Waals surface area contributed by atoms with Crippen LogP contribution in [0.3, 0.4) is 0 Å². The zero-order valence-corrected chi connectivity index (χ0v) is 9.54. The van der Waals surface area contributed by atoms with E-state index in [9.17, 15) is 4.79 Å². The van der Waals surface area contributed by atoms with Crippen LogP contribution in [0.2, 0.25) is 0 Å². The molecule has 0 bridgehead atoms. The quantitative estimate of drug-likeness (QED) is 0.795. The van der Waals surface area contributed by atoms with Gasteiger partial charge < -0.3 is 5.73 Å². The first kappa shape index (κ1) is 11.5. The molecule has 0 aliphatic heterocycles. The molecule has 0 unspecified atom stereocenters. The fourth-order valence-electron chi connectivity index (χ4n) is 1.68. The molecule has 0 amide bonds. The minimum Gasteiger partial charge on any atom is -0.330 e. The minimum atomic E-state index is 0.0804. The molecule has 2 rings (SSSR count). The average Bonchev–Trinajstić information content (AvgIpc) is 2.86. The highest BCUT2D eigenvalue weighted by molar-refractivity contribution is 5.94. The van der Waals surface area contributed by atoms with Gasteiger partial charge in [-0.15, -0.1) is 0 Å². The molecule has 1 heterocycles. The first-order valence-electron chi connectivity index (χ1n) is 5.65. The van der Waals surface area contributed by atoms with Crippen molar-refractivity contribution in [2.75, 3.05) is 6.54 Å². The molecule has 0 aliphatic rings. The second kappa shape index (κ2) is 5.41. The molecule has 4 heteroatoms. The van der Waals surface area contributed by atoms with E-state index < -0.39 is 0 Å². The van der Waals surface area contributed by atoms with Crippen molar-refractivity contribution in [2.24, 2.45) is 5.73 Å².